The molecule has 0 atom stereocenters. The van der Waals surface area contributed by atoms with E-state index in [1.807, 2.05) is 6.07 Å². The number of nitrogens with one attached hydrogen (secondary N) is 1. The van der Waals surface area contributed by atoms with Gasteiger partial charge < -0.3 is 4.98 Å². The quantitative estimate of drug-likeness (QED) is 0.652. The molecular weight excluding hydrogens is 140 g/mol. The van der Waals surface area contributed by atoms with Gasteiger partial charge in [-0.25, -0.2) is 0 Å². The van der Waals surface area contributed by atoms with E-state index in [1.54, 1.807) is 12.3 Å². The van der Waals surface area contributed by atoms with Crippen molar-refractivity contribution < 1.29 is 0 Å². The maximum Gasteiger partial charge on any atom is 0.115 e. The molecule has 0 radical (unpaired) electrons. The number of aromatic amines is 1. The van der Waals surface area contributed by atoms with Gasteiger partial charge in [-0.15, -0.1) is 10.2 Å². The van der Waals surface area contributed by atoms with Crippen LogP contribution in [0.1, 0.15) is 5.69 Å². The van der Waals surface area contributed by atoms with Gasteiger partial charge in [-0.05, 0) is 17.4 Å². The lowest BCUT2D eigenvalue weighted by atomic mass is 10.3. The van der Waals surface area contributed by atoms with Crippen molar-refractivity contribution in [3.8, 4) is 0 Å². The maximum absolute atomic E-state index is 3.81. The van der Waals surface area contributed by atoms with Crippen molar-refractivity contribution >= 4 is 17.1 Å². The first-order chi connectivity index (χ1) is 5.42. The van der Waals surface area contributed by atoms with Crippen LogP contribution in [-0.4, -0.2) is 20.4 Å². The lowest BCUT2D eigenvalue weighted by Crippen LogP contribution is -1.90. The molecule has 0 saturated carbocycles. The normalized spacial score (nSPS) is 10.2. The molecule has 1 N–H and O–H groups in total. The topological polar surface area (TPSA) is 54.5 Å². The largest absolute Gasteiger partial charge is 0.358 e. The summed E-state index contributed by atoms with van der Waals surface area (Å²) in [5, 5.41) is 11.2. The molecule has 0 spiro atoms. The van der Waals surface area contributed by atoms with Gasteiger partial charge in [-0.3, -0.25) is 0 Å². The monoisotopic (exact) mass is 146 g/mol. The first kappa shape index (κ1) is 6.03. The summed E-state index contributed by atoms with van der Waals surface area (Å²) < 4.78 is 0. The Labute approximate surface area is 63.0 Å². The van der Waals surface area contributed by atoms with Crippen molar-refractivity contribution in [3.63, 3.8) is 0 Å². The van der Waals surface area contributed by atoms with Crippen LogP contribution in [0.25, 0.3) is 17.1 Å². The zero-order valence-corrected chi connectivity index (χ0v) is 5.78. The van der Waals surface area contributed by atoms with Crippen LogP contribution in [0.15, 0.2) is 18.8 Å². The first-order valence-electron chi connectivity index (χ1n) is 3.20. The van der Waals surface area contributed by atoms with Gasteiger partial charge in [0.25, 0.3) is 0 Å². The van der Waals surface area contributed by atoms with E-state index in [9.17, 15) is 0 Å². The van der Waals surface area contributed by atoms with E-state index in [0.29, 0.717) is 0 Å². The summed E-state index contributed by atoms with van der Waals surface area (Å²) in [6, 6.07) is 1.84. The Bertz CT molecular complexity index is 390. The van der Waals surface area contributed by atoms with Crippen LogP contribution < -0.4 is 0 Å². The van der Waals surface area contributed by atoms with Gasteiger partial charge in [0.05, 0.1) is 5.52 Å². The highest BCUT2D eigenvalue weighted by Gasteiger charge is 2.00. The van der Waals surface area contributed by atoms with Crippen LogP contribution in [0.5, 0.6) is 0 Å². The summed E-state index contributed by atoms with van der Waals surface area (Å²) in [5.74, 6) is 0. The molecule has 0 unspecified atom stereocenters. The van der Waals surface area contributed by atoms with Gasteiger partial charge in [0, 0.05) is 6.20 Å². The lowest BCUT2D eigenvalue weighted by Gasteiger charge is -1.90. The highest BCUT2D eigenvalue weighted by Crippen LogP contribution is 2.10. The molecule has 4 heteroatoms. The van der Waals surface area contributed by atoms with Crippen molar-refractivity contribution in [1.82, 2.24) is 20.4 Å². The summed E-state index contributed by atoms with van der Waals surface area (Å²) in [7, 11) is 0. The summed E-state index contributed by atoms with van der Waals surface area (Å²) in [6.07, 6.45) is 3.45. The van der Waals surface area contributed by atoms with E-state index in [-0.39, 0.29) is 0 Å². The van der Waals surface area contributed by atoms with E-state index in [1.165, 1.54) is 0 Å². The van der Waals surface area contributed by atoms with Crippen LogP contribution in [-0.2, 0) is 0 Å². The van der Waals surface area contributed by atoms with Gasteiger partial charge in [0.2, 0.25) is 0 Å². The van der Waals surface area contributed by atoms with Gasteiger partial charge in [0.15, 0.2) is 0 Å². The zero-order chi connectivity index (χ0) is 7.68. The van der Waals surface area contributed by atoms with E-state index >= 15 is 0 Å². The fourth-order valence-electron chi connectivity index (χ4n) is 0.961. The summed E-state index contributed by atoms with van der Waals surface area (Å²) in [4.78, 5) is 3.00. The Morgan fingerprint density at radius 2 is 2.36 bits per heavy atom. The number of aromatic nitrogens is 4. The minimum absolute atomic E-state index is 0.736. The zero-order valence-electron chi connectivity index (χ0n) is 5.78. The molecule has 0 bridgehead atoms. The van der Waals surface area contributed by atoms with Crippen molar-refractivity contribution in [2.24, 2.45) is 0 Å². The molecule has 0 aliphatic heterocycles. The molecule has 0 aliphatic rings. The second-order valence-electron chi connectivity index (χ2n) is 2.12. The SMILES string of the molecule is C=Cc1nnnc2cc[nH]c12. The number of hydrogen-bond acceptors (Lipinski definition) is 3. The Morgan fingerprint density at radius 3 is 3.18 bits per heavy atom. The van der Waals surface area contributed by atoms with Gasteiger partial charge >= 0.3 is 0 Å². The third kappa shape index (κ3) is 0.797. The van der Waals surface area contributed by atoms with Crippen molar-refractivity contribution in [2.75, 3.05) is 0 Å². The third-order valence-electron chi connectivity index (χ3n) is 1.48. The minimum Gasteiger partial charge on any atom is -0.358 e. The highest BCUT2D eigenvalue weighted by molar-refractivity contribution is 5.81. The number of hydrogen-bond donors (Lipinski definition) is 1. The number of fused-ring (bicyclic) bond motifs is 1. The minimum atomic E-state index is 0.736. The van der Waals surface area contributed by atoms with Gasteiger partial charge in [0.1, 0.15) is 11.2 Å². The molecule has 0 aromatic carbocycles. The molecular formula is C7H6N4. The Hall–Kier alpha value is -1.71. The second kappa shape index (κ2) is 2.16. The average Bonchev–Trinajstić information content (AvgIpc) is 2.50. The van der Waals surface area contributed by atoms with Gasteiger partial charge in [-0.2, -0.15) is 0 Å². The van der Waals surface area contributed by atoms with Crippen LogP contribution in [0.3, 0.4) is 0 Å². The van der Waals surface area contributed by atoms with Crippen LogP contribution in [0, 0.1) is 0 Å². The predicted octanol–water partition coefficient (Wildman–Crippen LogP) is 0.996. The maximum atomic E-state index is 3.81. The molecule has 0 aliphatic carbocycles. The molecule has 0 fully saturated rings. The predicted molar refractivity (Wildman–Crippen MR) is 41.8 cm³/mol. The average molecular weight is 146 g/mol. The molecule has 2 aromatic rings. The fraction of sp³-hybridized carbons (Fsp3) is 0. The van der Waals surface area contributed by atoms with E-state index in [4.69, 9.17) is 0 Å². The van der Waals surface area contributed by atoms with E-state index < -0.39 is 0 Å². The smallest absolute Gasteiger partial charge is 0.115 e. The standard InChI is InChI=1S/C7H6N4/c1-2-5-7-6(3-4-8-7)10-11-9-5/h2-4,8H,1H2. The summed E-state index contributed by atoms with van der Waals surface area (Å²) in [5.41, 5.74) is 2.44. The summed E-state index contributed by atoms with van der Waals surface area (Å²) >= 11 is 0. The molecule has 0 saturated heterocycles. The second-order valence-corrected chi connectivity index (χ2v) is 2.12. The molecule has 0 amide bonds. The van der Waals surface area contributed by atoms with Crippen molar-refractivity contribution in [2.45, 2.75) is 0 Å². The Balaban J connectivity index is 2.88. The fourth-order valence-corrected chi connectivity index (χ4v) is 0.961. The summed E-state index contributed by atoms with van der Waals surface area (Å²) in [6.45, 7) is 3.61. The Morgan fingerprint density at radius 1 is 1.45 bits per heavy atom. The van der Waals surface area contributed by atoms with Crippen molar-refractivity contribution in [1.29, 1.82) is 0 Å². The first-order valence-corrected chi connectivity index (χ1v) is 3.20. The van der Waals surface area contributed by atoms with E-state index in [0.717, 1.165) is 16.7 Å². The number of nitrogens with zero attached hydrogens (tertiary/aromatic N) is 3. The lowest BCUT2D eigenvalue weighted by molar-refractivity contribution is 0.888. The van der Waals surface area contributed by atoms with Crippen molar-refractivity contribution in [3.05, 3.63) is 24.5 Å². The highest BCUT2D eigenvalue weighted by atomic mass is 15.3. The number of rotatable bonds is 1. The third-order valence-corrected chi connectivity index (χ3v) is 1.48. The molecule has 2 aromatic heterocycles. The van der Waals surface area contributed by atoms with Crippen LogP contribution in [0.2, 0.25) is 0 Å². The molecule has 4 nitrogen and oxygen atoms in total. The van der Waals surface area contributed by atoms with Crippen LogP contribution >= 0.6 is 0 Å². The Kier molecular flexibility index (Phi) is 1.18. The van der Waals surface area contributed by atoms with Crippen LogP contribution in [0.4, 0.5) is 0 Å². The molecule has 54 valence electrons. The molecule has 11 heavy (non-hydrogen) atoms. The number of H-pyrrole nitrogens is 1. The molecule has 2 rings (SSSR count). The van der Waals surface area contributed by atoms with Gasteiger partial charge in [-0.1, -0.05) is 6.58 Å². The molecule has 2 heterocycles. The van der Waals surface area contributed by atoms with E-state index in [2.05, 4.69) is 27.0 Å².